The molecule has 2 aromatic heterocycles. The van der Waals surface area contributed by atoms with E-state index < -0.39 is 15.9 Å². The van der Waals surface area contributed by atoms with Gasteiger partial charge >= 0.3 is 6.03 Å². The van der Waals surface area contributed by atoms with E-state index in [1.165, 1.54) is 24.7 Å². The van der Waals surface area contributed by atoms with Gasteiger partial charge in [0.15, 0.2) is 20.8 Å². The number of amides is 2. The van der Waals surface area contributed by atoms with Crippen LogP contribution in [0.2, 0.25) is 0 Å². The number of sulfone groups is 1. The molecule has 0 radical (unpaired) electrons. The molecule has 0 aromatic carbocycles. The predicted octanol–water partition coefficient (Wildman–Crippen LogP) is 3.35. The summed E-state index contributed by atoms with van der Waals surface area (Å²) in [4.78, 5) is 32.3. The summed E-state index contributed by atoms with van der Waals surface area (Å²) in [5.74, 6) is -0.0875. The molecule has 0 spiro atoms. The van der Waals surface area contributed by atoms with E-state index in [9.17, 15) is 18.0 Å². The van der Waals surface area contributed by atoms with Gasteiger partial charge in [0.05, 0.1) is 17.4 Å². The van der Waals surface area contributed by atoms with Crippen LogP contribution in [-0.4, -0.2) is 36.5 Å². The molecule has 2 amide bonds. The molecular formula is C16H20N4O4S2. The number of nitrogens with zero attached hydrogens (tertiary/aromatic N) is 2. The van der Waals surface area contributed by atoms with Crippen LogP contribution in [0, 0.1) is 0 Å². The van der Waals surface area contributed by atoms with Crippen LogP contribution in [0.1, 0.15) is 43.0 Å². The number of pyridine rings is 1. The normalized spacial score (nSPS) is 11.2. The number of aromatic nitrogens is 2. The summed E-state index contributed by atoms with van der Waals surface area (Å²) in [6, 6.07) is 0.921. The van der Waals surface area contributed by atoms with E-state index in [1.807, 2.05) is 0 Å². The molecule has 26 heavy (non-hydrogen) atoms. The molecule has 2 heterocycles. The van der Waals surface area contributed by atoms with Crippen molar-refractivity contribution >= 4 is 43.8 Å². The van der Waals surface area contributed by atoms with Crippen molar-refractivity contribution in [2.45, 2.75) is 36.8 Å². The van der Waals surface area contributed by atoms with E-state index >= 15 is 0 Å². The Morgan fingerprint density at radius 2 is 1.96 bits per heavy atom. The second-order valence-electron chi connectivity index (χ2n) is 5.64. The number of ketones is 1. The van der Waals surface area contributed by atoms with Crippen LogP contribution in [0.15, 0.2) is 28.9 Å². The lowest BCUT2D eigenvalue weighted by Crippen LogP contribution is -2.21. The van der Waals surface area contributed by atoms with Gasteiger partial charge in [-0.25, -0.2) is 18.2 Å². The molecule has 0 unspecified atom stereocenters. The SMILES string of the molecule is CCCCCC(=O)c1cnccc1NC(=O)Nc1ncc(S(C)(=O)=O)s1. The molecule has 2 N–H and O–H groups in total. The van der Waals surface area contributed by atoms with Crippen molar-refractivity contribution in [3.8, 4) is 0 Å². The third kappa shape index (κ3) is 5.60. The molecule has 0 bridgehead atoms. The summed E-state index contributed by atoms with van der Waals surface area (Å²) in [7, 11) is -3.37. The number of carbonyl (C=O) groups excluding carboxylic acids is 2. The summed E-state index contributed by atoms with van der Waals surface area (Å²) in [5.41, 5.74) is 0.689. The van der Waals surface area contributed by atoms with E-state index in [-0.39, 0.29) is 15.1 Å². The predicted molar refractivity (Wildman–Crippen MR) is 101 cm³/mol. The van der Waals surface area contributed by atoms with Gasteiger partial charge in [-0.05, 0) is 12.5 Å². The monoisotopic (exact) mass is 396 g/mol. The topological polar surface area (TPSA) is 118 Å². The maximum absolute atomic E-state index is 12.3. The highest BCUT2D eigenvalue weighted by atomic mass is 32.2. The number of anilines is 2. The number of hydrogen-bond acceptors (Lipinski definition) is 7. The number of Topliss-reactive ketones (excluding diaryl/α,β-unsaturated/α-hetero) is 1. The van der Waals surface area contributed by atoms with Gasteiger partial charge in [0, 0.05) is 25.1 Å². The molecular weight excluding hydrogens is 376 g/mol. The lowest BCUT2D eigenvalue weighted by molar-refractivity contribution is 0.0980. The zero-order chi connectivity index (χ0) is 19.2. The van der Waals surface area contributed by atoms with Crippen LogP contribution in [-0.2, 0) is 9.84 Å². The van der Waals surface area contributed by atoms with Crippen LogP contribution in [0.25, 0.3) is 0 Å². The van der Waals surface area contributed by atoms with E-state index in [0.29, 0.717) is 17.7 Å². The van der Waals surface area contributed by atoms with Crippen molar-refractivity contribution < 1.29 is 18.0 Å². The number of thiazole rings is 1. The first-order valence-corrected chi connectivity index (χ1v) is 10.7. The number of rotatable bonds is 8. The van der Waals surface area contributed by atoms with E-state index in [4.69, 9.17) is 0 Å². The highest BCUT2D eigenvalue weighted by molar-refractivity contribution is 7.92. The fourth-order valence-corrected chi connectivity index (χ4v) is 3.77. The molecule has 0 aliphatic rings. The quantitative estimate of drug-likeness (QED) is 0.522. The maximum Gasteiger partial charge on any atom is 0.325 e. The number of urea groups is 1. The first kappa shape index (κ1) is 20.0. The minimum Gasteiger partial charge on any atom is -0.307 e. The van der Waals surface area contributed by atoms with Gasteiger partial charge in [0.2, 0.25) is 0 Å². The lowest BCUT2D eigenvalue weighted by atomic mass is 10.1. The van der Waals surface area contributed by atoms with Gasteiger partial charge in [-0.3, -0.25) is 15.1 Å². The summed E-state index contributed by atoms with van der Waals surface area (Å²) in [6.07, 6.45) is 8.30. The first-order valence-electron chi connectivity index (χ1n) is 8.02. The molecule has 0 saturated heterocycles. The largest absolute Gasteiger partial charge is 0.325 e. The number of hydrogen-bond donors (Lipinski definition) is 2. The molecule has 2 aromatic rings. The molecule has 0 fully saturated rings. The van der Waals surface area contributed by atoms with Crippen LogP contribution in [0.3, 0.4) is 0 Å². The second kappa shape index (κ2) is 8.86. The van der Waals surface area contributed by atoms with E-state index in [0.717, 1.165) is 36.9 Å². The minimum absolute atomic E-state index is 0.0588. The fraction of sp³-hybridized carbons (Fsp3) is 0.375. The zero-order valence-corrected chi connectivity index (χ0v) is 16.1. The number of carbonyl (C=O) groups is 2. The Labute approximate surface area is 156 Å². The van der Waals surface area contributed by atoms with Crippen molar-refractivity contribution in [3.05, 3.63) is 30.2 Å². The first-order chi connectivity index (χ1) is 12.3. The fourth-order valence-electron chi connectivity index (χ4n) is 2.14. The number of nitrogens with one attached hydrogen (secondary N) is 2. The lowest BCUT2D eigenvalue weighted by Gasteiger charge is -2.10. The third-order valence-corrected chi connectivity index (χ3v) is 6.15. The van der Waals surface area contributed by atoms with Crippen molar-refractivity contribution in [2.75, 3.05) is 16.9 Å². The zero-order valence-electron chi connectivity index (χ0n) is 14.5. The highest BCUT2D eigenvalue weighted by Gasteiger charge is 2.16. The van der Waals surface area contributed by atoms with Gasteiger partial charge in [-0.1, -0.05) is 31.1 Å². The van der Waals surface area contributed by atoms with Crippen LogP contribution >= 0.6 is 11.3 Å². The average molecular weight is 396 g/mol. The van der Waals surface area contributed by atoms with Crippen molar-refractivity contribution in [1.29, 1.82) is 0 Å². The number of unbranched alkanes of at least 4 members (excludes halogenated alkanes) is 2. The minimum atomic E-state index is -3.37. The van der Waals surface area contributed by atoms with Gasteiger partial charge in [0.1, 0.15) is 4.21 Å². The molecule has 2 rings (SSSR count). The Morgan fingerprint density at radius 3 is 2.62 bits per heavy atom. The molecule has 140 valence electrons. The van der Waals surface area contributed by atoms with Crippen molar-refractivity contribution in [3.63, 3.8) is 0 Å². The molecule has 0 aliphatic heterocycles. The van der Waals surface area contributed by atoms with Gasteiger partial charge in [0.25, 0.3) is 0 Å². The maximum atomic E-state index is 12.3. The van der Waals surface area contributed by atoms with E-state index in [2.05, 4.69) is 27.5 Å². The Bertz CT molecular complexity index is 893. The second-order valence-corrected chi connectivity index (χ2v) is 8.91. The van der Waals surface area contributed by atoms with Crippen molar-refractivity contribution in [1.82, 2.24) is 9.97 Å². The summed E-state index contributed by atoms with van der Waals surface area (Å²) in [5, 5.41) is 5.19. The van der Waals surface area contributed by atoms with Gasteiger partial charge in [-0.2, -0.15) is 0 Å². The van der Waals surface area contributed by atoms with Crippen LogP contribution in [0.4, 0.5) is 15.6 Å². The summed E-state index contributed by atoms with van der Waals surface area (Å²) < 4.78 is 23.0. The van der Waals surface area contributed by atoms with Gasteiger partial charge in [-0.15, -0.1) is 0 Å². The summed E-state index contributed by atoms with van der Waals surface area (Å²) in [6.45, 7) is 2.06. The Morgan fingerprint density at radius 1 is 1.19 bits per heavy atom. The van der Waals surface area contributed by atoms with Crippen LogP contribution in [0.5, 0.6) is 0 Å². The Kier molecular flexibility index (Phi) is 6.81. The van der Waals surface area contributed by atoms with E-state index in [1.54, 1.807) is 0 Å². The highest BCUT2D eigenvalue weighted by Crippen LogP contribution is 2.23. The Balaban J connectivity index is 2.05. The smallest absolute Gasteiger partial charge is 0.307 e. The van der Waals surface area contributed by atoms with Gasteiger partial charge < -0.3 is 5.32 Å². The standard InChI is InChI=1S/C16H20N4O4S2/c1-3-4-5-6-13(21)11-9-17-8-7-12(11)19-15(22)20-16-18-10-14(25-16)26(2,23)24/h7-10H,3-6H2,1-2H3,(H2,17,18,19,20,22). The Hall–Kier alpha value is -2.33. The average Bonchev–Trinajstić information content (AvgIpc) is 3.04. The third-order valence-electron chi connectivity index (χ3n) is 3.45. The molecule has 0 atom stereocenters. The molecule has 8 nitrogen and oxygen atoms in total. The molecule has 10 heteroatoms. The van der Waals surface area contributed by atoms with Crippen LogP contribution < -0.4 is 10.6 Å². The molecule has 0 aliphatic carbocycles. The summed E-state index contributed by atoms with van der Waals surface area (Å²) >= 11 is 0.852. The molecule has 0 saturated carbocycles. The van der Waals surface area contributed by atoms with Crippen molar-refractivity contribution in [2.24, 2.45) is 0 Å².